The first-order chi connectivity index (χ1) is 10.2. The first-order valence-electron chi connectivity index (χ1n) is 8.00. The van der Waals surface area contributed by atoms with Crippen LogP contribution >= 0.6 is 11.3 Å². The molecule has 1 aromatic rings. The number of hydrogen-bond acceptors (Lipinski definition) is 4. The van der Waals surface area contributed by atoms with Crippen molar-refractivity contribution in [2.75, 3.05) is 19.6 Å². The van der Waals surface area contributed by atoms with Gasteiger partial charge in [-0.1, -0.05) is 0 Å². The molecule has 0 aliphatic rings. The standard InChI is InChI=1S/C17H30N2O2S/c1-7-19(16(20)21-17(4,5)6)12-8-11-18-14(3)15-10-9-13(2)22-15/h9-10,14,18H,7-8,11-12H2,1-6H3. The predicted octanol–water partition coefficient (Wildman–Crippen LogP) is 4.35. The van der Waals surface area contributed by atoms with Crippen LogP contribution in [0, 0.1) is 6.92 Å². The summed E-state index contributed by atoms with van der Waals surface area (Å²) in [6, 6.07) is 4.69. The molecule has 0 fully saturated rings. The quantitative estimate of drug-likeness (QED) is 0.757. The number of rotatable bonds is 7. The lowest BCUT2D eigenvalue weighted by atomic mass is 10.2. The molecule has 1 N–H and O–H groups in total. The lowest BCUT2D eigenvalue weighted by Crippen LogP contribution is -2.38. The Morgan fingerprint density at radius 1 is 1.41 bits per heavy atom. The minimum atomic E-state index is -0.436. The van der Waals surface area contributed by atoms with Gasteiger partial charge in [0.1, 0.15) is 5.60 Å². The normalized spacial score (nSPS) is 13.0. The molecule has 0 aliphatic carbocycles. The molecular formula is C17H30N2O2S. The second-order valence-electron chi connectivity index (χ2n) is 6.54. The van der Waals surface area contributed by atoms with Crippen LogP contribution in [0.15, 0.2) is 12.1 Å². The van der Waals surface area contributed by atoms with Crippen molar-refractivity contribution in [3.63, 3.8) is 0 Å². The van der Waals surface area contributed by atoms with Gasteiger partial charge in [-0.05, 0) is 66.6 Å². The van der Waals surface area contributed by atoms with Crippen molar-refractivity contribution in [3.8, 4) is 0 Å². The third-order valence-corrected chi connectivity index (χ3v) is 4.46. The number of ether oxygens (including phenoxy) is 1. The van der Waals surface area contributed by atoms with Crippen LogP contribution < -0.4 is 5.32 Å². The Kier molecular flexibility index (Phi) is 7.36. The third-order valence-electron chi connectivity index (χ3n) is 3.28. The molecule has 4 nitrogen and oxygen atoms in total. The van der Waals surface area contributed by atoms with E-state index in [-0.39, 0.29) is 6.09 Å². The zero-order valence-corrected chi connectivity index (χ0v) is 15.5. The molecule has 0 aliphatic heterocycles. The molecule has 0 radical (unpaired) electrons. The van der Waals surface area contributed by atoms with E-state index in [0.717, 1.165) is 13.0 Å². The first-order valence-corrected chi connectivity index (χ1v) is 8.82. The van der Waals surface area contributed by atoms with E-state index in [1.54, 1.807) is 4.90 Å². The van der Waals surface area contributed by atoms with Crippen molar-refractivity contribution in [2.45, 2.75) is 59.6 Å². The van der Waals surface area contributed by atoms with E-state index in [4.69, 9.17) is 4.74 Å². The molecule has 0 saturated heterocycles. The minimum Gasteiger partial charge on any atom is -0.444 e. The highest BCUT2D eigenvalue weighted by atomic mass is 32.1. The number of carbonyl (C=O) groups excluding carboxylic acids is 1. The molecule has 1 heterocycles. The largest absolute Gasteiger partial charge is 0.444 e. The SMILES string of the molecule is CCN(CCCNC(C)c1ccc(C)s1)C(=O)OC(C)(C)C. The highest BCUT2D eigenvalue weighted by molar-refractivity contribution is 7.12. The molecule has 0 spiro atoms. The van der Waals surface area contributed by atoms with E-state index >= 15 is 0 Å². The van der Waals surface area contributed by atoms with Gasteiger partial charge in [0, 0.05) is 28.9 Å². The molecule has 126 valence electrons. The van der Waals surface area contributed by atoms with Crippen molar-refractivity contribution < 1.29 is 9.53 Å². The van der Waals surface area contributed by atoms with Crippen LogP contribution in [-0.4, -0.2) is 36.2 Å². The van der Waals surface area contributed by atoms with E-state index in [1.165, 1.54) is 9.75 Å². The second kappa shape index (κ2) is 8.53. The van der Waals surface area contributed by atoms with Gasteiger partial charge in [-0.15, -0.1) is 11.3 Å². The van der Waals surface area contributed by atoms with E-state index < -0.39 is 5.60 Å². The Balaban J connectivity index is 2.31. The smallest absolute Gasteiger partial charge is 0.410 e. The van der Waals surface area contributed by atoms with Crippen LogP contribution in [0.1, 0.15) is 56.8 Å². The van der Waals surface area contributed by atoms with Gasteiger partial charge < -0.3 is 15.0 Å². The van der Waals surface area contributed by atoms with Crippen molar-refractivity contribution >= 4 is 17.4 Å². The van der Waals surface area contributed by atoms with Crippen LogP contribution in [0.3, 0.4) is 0 Å². The molecule has 22 heavy (non-hydrogen) atoms. The molecule has 0 bridgehead atoms. The number of thiophene rings is 1. The number of carbonyl (C=O) groups is 1. The number of hydrogen-bond donors (Lipinski definition) is 1. The second-order valence-corrected chi connectivity index (χ2v) is 7.86. The van der Waals surface area contributed by atoms with E-state index in [1.807, 2.05) is 39.0 Å². The summed E-state index contributed by atoms with van der Waals surface area (Å²) in [5, 5.41) is 3.51. The summed E-state index contributed by atoms with van der Waals surface area (Å²) in [4.78, 5) is 16.5. The summed E-state index contributed by atoms with van der Waals surface area (Å²) < 4.78 is 5.41. The van der Waals surface area contributed by atoms with Gasteiger partial charge in [0.2, 0.25) is 0 Å². The Bertz CT molecular complexity index is 465. The molecule has 1 rings (SSSR count). The fraction of sp³-hybridized carbons (Fsp3) is 0.706. The highest BCUT2D eigenvalue weighted by Crippen LogP contribution is 2.22. The molecule has 1 unspecified atom stereocenters. The molecule has 0 aromatic carbocycles. The van der Waals surface area contributed by atoms with Gasteiger partial charge in [-0.25, -0.2) is 4.79 Å². The van der Waals surface area contributed by atoms with Crippen LogP contribution in [0.5, 0.6) is 0 Å². The van der Waals surface area contributed by atoms with Crippen LogP contribution in [0.25, 0.3) is 0 Å². The lowest BCUT2D eigenvalue weighted by Gasteiger charge is -2.26. The highest BCUT2D eigenvalue weighted by Gasteiger charge is 2.20. The van der Waals surface area contributed by atoms with Gasteiger partial charge in [0.05, 0.1) is 0 Å². The van der Waals surface area contributed by atoms with Gasteiger partial charge in [-0.2, -0.15) is 0 Å². The van der Waals surface area contributed by atoms with Crippen molar-refractivity contribution in [1.29, 1.82) is 0 Å². The number of amides is 1. The van der Waals surface area contributed by atoms with E-state index in [9.17, 15) is 4.79 Å². The van der Waals surface area contributed by atoms with Crippen LogP contribution in [0.2, 0.25) is 0 Å². The summed E-state index contributed by atoms with van der Waals surface area (Å²) in [7, 11) is 0. The van der Waals surface area contributed by atoms with Crippen molar-refractivity contribution in [1.82, 2.24) is 10.2 Å². The van der Waals surface area contributed by atoms with Gasteiger partial charge >= 0.3 is 6.09 Å². The average molecular weight is 327 g/mol. The minimum absolute atomic E-state index is 0.225. The van der Waals surface area contributed by atoms with Gasteiger partial charge in [0.15, 0.2) is 0 Å². The topological polar surface area (TPSA) is 41.6 Å². The maximum Gasteiger partial charge on any atom is 0.410 e. The number of aryl methyl sites for hydroxylation is 1. The van der Waals surface area contributed by atoms with E-state index in [2.05, 4.69) is 31.3 Å². The fourth-order valence-electron chi connectivity index (χ4n) is 2.08. The molecular weight excluding hydrogens is 296 g/mol. The number of nitrogens with zero attached hydrogens (tertiary/aromatic N) is 1. The van der Waals surface area contributed by atoms with Crippen molar-refractivity contribution in [3.05, 3.63) is 21.9 Å². The van der Waals surface area contributed by atoms with Gasteiger partial charge in [-0.3, -0.25) is 0 Å². The summed E-state index contributed by atoms with van der Waals surface area (Å²) >= 11 is 1.83. The fourth-order valence-corrected chi connectivity index (χ4v) is 2.98. The van der Waals surface area contributed by atoms with Crippen LogP contribution in [0.4, 0.5) is 4.79 Å². The summed E-state index contributed by atoms with van der Waals surface area (Å²) in [6.45, 7) is 14.2. The lowest BCUT2D eigenvalue weighted by molar-refractivity contribution is 0.0258. The van der Waals surface area contributed by atoms with Crippen LogP contribution in [-0.2, 0) is 4.74 Å². The molecule has 0 saturated carbocycles. The maximum absolute atomic E-state index is 12.0. The molecule has 1 aromatic heterocycles. The Morgan fingerprint density at radius 3 is 2.59 bits per heavy atom. The molecule has 1 amide bonds. The Morgan fingerprint density at radius 2 is 2.09 bits per heavy atom. The Hall–Kier alpha value is -1.07. The summed E-state index contributed by atoms with van der Waals surface area (Å²) in [6.07, 6.45) is 0.693. The van der Waals surface area contributed by atoms with Crippen molar-refractivity contribution in [2.24, 2.45) is 0 Å². The summed E-state index contributed by atoms with van der Waals surface area (Å²) in [5.41, 5.74) is -0.436. The first kappa shape index (κ1) is 19.0. The number of nitrogens with one attached hydrogen (secondary N) is 1. The zero-order chi connectivity index (χ0) is 16.8. The maximum atomic E-state index is 12.0. The zero-order valence-electron chi connectivity index (χ0n) is 14.7. The monoisotopic (exact) mass is 326 g/mol. The van der Waals surface area contributed by atoms with E-state index in [0.29, 0.717) is 19.1 Å². The predicted molar refractivity (Wildman–Crippen MR) is 93.6 cm³/mol. The average Bonchev–Trinajstić information content (AvgIpc) is 2.83. The Labute approximate surface area is 138 Å². The van der Waals surface area contributed by atoms with Gasteiger partial charge in [0.25, 0.3) is 0 Å². The molecule has 1 atom stereocenters. The molecule has 5 heteroatoms. The third kappa shape index (κ3) is 6.79. The summed E-state index contributed by atoms with van der Waals surface area (Å²) in [5.74, 6) is 0.